The van der Waals surface area contributed by atoms with Gasteiger partial charge in [-0.3, -0.25) is 0 Å². The minimum atomic E-state index is -0.531. The summed E-state index contributed by atoms with van der Waals surface area (Å²) in [6.07, 6.45) is 0. The number of nitrogens with zero attached hydrogens (tertiary/aromatic N) is 1. The van der Waals surface area contributed by atoms with Gasteiger partial charge in [0.2, 0.25) is 0 Å². The van der Waals surface area contributed by atoms with Gasteiger partial charge in [-0.05, 0) is 36.4 Å². The summed E-state index contributed by atoms with van der Waals surface area (Å²) >= 11 is 0. The zero-order valence-electron chi connectivity index (χ0n) is 14.8. The summed E-state index contributed by atoms with van der Waals surface area (Å²) in [5.41, 5.74) is 1.03. The molecule has 0 aliphatic heterocycles. The van der Waals surface area contributed by atoms with Crippen molar-refractivity contribution in [3.8, 4) is 17.0 Å². The molecule has 6 heteroatoms. The first-order valence-corrected chi connectivity index (χ1v) is 8.59. The Hall–Kier alpha value is -3.93. The molecule has 0 bridgehead atoms. The third kappa shape index (κ3) is 2.39. The number of hydrogen-bond acceptors (Lipinski definition) is 6. The number of para-hydroxylation sites is 2. The summed E-state index contributed by atoms with van der Waals surface area (Å²) in [6, 6.07) is 17.5. The van der Waals surface area contributed by atoms with Gasteiger partial charge < -0.3 is 13.6 Å². The Bertz CT molecular complexity index is 1500. The molecular formula is C22H13NO5. The molecule has 0 spiro atoms. The zero-order chi connectivity index (χ0) is 19.3. The van der Waals surface area contributed by atoms with Crippen molar-refractivity contribution in [2.45, 2.75) is 0 Å². The van der Waals surface area contributed by atoms with Gasteiger partial charge in [0, 0.05) is 10.8 Å². The van der Waals surface area contributed by atoms with Gasteiger partial charge in [-0.2, -0.15) is 0 Å². The first-order chi connectivity index (χ1) is 13.7. The van der Waals surface area contributed by atoms with Crippen LogP contribution in [0.1, 0.15) is 0 Å². The number of methoxy groups -OCH3 is 1. The molecule has 0 N–H and O–H groups in total. The first-order valence-electron chi connectivity index (χ1n) is 8.59. The van der Waals surface area contributed by atoms with Gasteiger partial charge in [0.15, 0.2) is 11.3 Å². The van der Waals surface area contributed by atoms with Crippen LogP contribution in [0.15, 0.2) is 79.1 Å². The highest BCUT2D eigenvalue weighted by Gasteiger charge is 2.15. The van der Waals surface area contributed by atoms with E-state index in [1.807, 2.05) is 24.3 Å². The van der Waals surface area contributed by atoms with Crippen molar-refractivity contribution in [1.29, 1.82) is 0 Å². The Morgan fingerprint density at radius 2 is 1.71 bits per heavy atom. The van der Waals surface area contributed by atoms with E-state index in [0.717, 1.165) is 0 Å². The van der Waals surface area contributed by atoms with Crippen LogP contribution in [0.3, 0.4) is 0 Å². The molecule has 0 saturated carbocycles. The van der Waals surface area contributed by atoms with Crippen LogP contribution in [-0.4, -0.2) is 12.1 Å². The molecule has 0 radical (unpaired) electrons. The predicted molar refractivity (Wildman–Crippen MR) is 106 cm³/mol. The summed E-state index contributed by atoms with van der Waals surface area (Å²) in [5, 5.41) is 1.77. The molecule has 0 saturated heterocycles. The first kappa shape index (κ1) is 16.3. The smallest absolute Gasteiger partial charge is 0.345 e. The molecular weight excluding hydrogens is 358 g/mol. The van der Waals surface area contributed by atoms with Crippen molar-refractivity contribution in [3.05, 3.63) is 81.5 Å². The van der Waals surface area contributed by atoms with Crippen molar-refractivity contribution in [2.24, 2.45) is 0 Å². The summed E-state index contributed by atoms with van der Waals surface area (Å²) < 4.78 is 16.1. The predicted octanol–water partition coefficient (Wildman–Crippen LogP) is 4.12. The monoisotopic (exact) mass is 371 g/mol. The quantitative estimate of drug-likeness (QED) is 0.343. The molecule has 3 aromatic heterocycles. The number of aromatic nitrogens is 1. The van der Waals surface area contributed by atoms with E-state index in [0.29, 0.717) is 49.8 Å². The number of benzene rings is 2. The van der Waals surface area contributed by atoms with Crippen molar-refractivity contribution in [3.63, 3.8) is 0 Å². The number of hydrogen-bond donors (Lipinski definition) is 0. The standard InChI is InChI=1S/C22H13NO5/c1-26-18-8-4-5-12-11-15(22(25)28-20(12)18)16-10-9-14-19(23-16)13-6-2-3-7-17(13)27-21(14)24/h2-11H,1H3. The van der Waals surface area contributed by atoms with Gasteiger partial charge in [0.1, 0.15) is 5.58 Å². The molecule has 0 atom stereocenters. The maximum Gasteiger partial charge on any atom is 0.345 e. The Balaban J connectivity index is 1.82. The van der Waals surface area contributed by atoms with Crippen LogP contribution in [0.25, 0.3) is 44.1 Å². The molecule has 5 aromatic rings. The lowest BCUT2D eigenvalue weighted by Gasteiger charge is -2.07. The second-order valence-electron chi connectivity index (χ2n) is 6.30. The highest BCUT2D eigenvalue weighted by atomic mass is 16.5. The van der Waals surface area contributed by atoms with Gasteiger partial charge >= 0.3 is 11.3 Å². The third-order valence-corrected chi connectivity index (χ3v) is 4.68. The van der Waals surface area contributed by atoms with E-state index in [2.05, 4.69) is 4.98 Å². The molecule has 0 fully saturated rings. The fourth-order valence-electron chi connectivity index (χ4n) is 3.34. The van der Waals surface area contributed by atoms with Crippen LogP contribution >= 0.6 is 0 Å². The van der Waals surface area contributed by atoms with Gasteiger partial charge in [0.25, 0.3) is 0 Å². The maximum atomic E-state index is 12.6. The molecule has 28 heavy (non-hydrogen) atoms. The summed E-state index contributed by atoms with van der Waals surface area (Å²) in [4.78, 5) is 29.5. The normalized spacial score (nSPS) is 11.3. The molecule has 0 aliphatic rings. The SMILES string of the molecule is COc1cccc2cc(-c3ccc4c(=O)oc5ccccc5c4n3)c(=O)oc12. The van der Waals surface area contributed by atoms with Gasteiger partial charge in [-0.15, -0.1) is 0 Å². The summed E-state index contributed by atoms with van der Waals surface area (Å²) in [7, 11) is 1.52. The lowest BCUT2D eigenvalue weighted by atomic mass is 10.1. The molecule has 0 aliphatic carbocycles. The second-order valence-corrected chi connectivity index (χ2v) is 6.30. The Kier molecular flexibility index (Phi) is 3.52. The molecule has 0 amide bonds. The molecule has 5 rings (SSSR count). The topological polar surface area (TPSA) is 82.5 Å². The van der Waals surface area contributed by atoms with E-state index >= 15 is 0 Å². The highest BCUT2D eigenvalue weighted by Crippen LogP contribution is 2.28. The number of pyridine rings is 1. The minimum Gasteiger partial charge on any atom is -0.493 e. The lowest BCUT2D eigenvalue weighted by molar-refractivity contribution is 0.407. The second kappa shape index (κ2) is 6.06. The van der Waals surface area contributed by atoms with Crippen molar-refractivity contribution in [1.82, 2.24) is 4.98 Å². The van der Waals surface area contributed by atoms with Crippen molar-refractivity contribution >= 4 is 32.8 Å². The van der Waals surface area contributed by atoms with Crippen LogP contribution in [0.5, 0.6) is 5.75 Å². The van der Waals surface area contributed by atoms with Crippen molar-refractivity contribution < 1.29 is 13.6 Å². The number of fused-ring (bicyclic) bond motifs is 4. The highest BCUT2D eigenvalue weighted by molar-refractivity contribution is 6.02. The van der Waals surface area contributed by atoms with E-state index < -0.39 is 11.3 Å². The lowest BCUT2D eigenvalue weighted by Crippen LogP contribution is -2.06. The number of ether oxygens (including phenoxy) is 1. The Labute approximate surface area is 157 Å². The molecule has 2 aromatic carbocycles. The van der Waals surface area contributed by atoms with Crippen LogP contribution in [0.4, 0.5) is 0 Å². The van der Waals surface area contributed by atoms with E-state index in [1.54, 1.807) is 36.4 Å². The summed E-state index contributed by atoms with van der Waals surface area (Å²) in [5.74, 6) is 0.483. The molecule has 6 nitrogen and oxygen atoms in total. The molecule has 3 heterocycles. The van der Waals surface area contributed by atoms with Crippen LogP contribution < -0.4 is 16.0 Å². The van der Waals surface area contributed by atoms with Gasteiger partial charge in [-0.25, -0.2) is 14.6 Å². The minimum absolute atomic E-state index is 0.306. The summed E-state index contributed by atoms with van der Waals surface area (Å²) in [6.45, 7) is 0. The average molecular weight is 371 g/mol. The van der Waals surface area contributed by atoms with Crippen LogP contribution in [-0.2, 0) is 0 Å². The Morgan fingerprint density at radius 3 is 2.57 bits per heavy atom. The van der Waals surface area contributed by atoms with E-state index in [-0.39, 0.29) is 0 Å². The fourth-order valence-corrected chi connectivity index (χ4v) is 3.34. The van der Waals surface area contributed by atoms with Gasteiger partial charge in [-0.1, -0.05) is 24.3 Å². The van der Waals surface area contributed by atoms with E-state index in [4.69, 9.17) is 13.6 Å². The number of rotatable bonds is 2. The van der Waals surface area contributed by atoms with Crippen molar-refractivity contribution in [2.75, 3.05) is 7.11 Å². The third-order valence-electron chi connectivity index (χ3n) is 4.68. The largest absolute Gasteiger partial charge is 0.493 e. The van der Waals surface area contributed by atoms with E-state index in [9.17, 15) is 9.59 Å². The van der Waals surface area contributed by atoms with Gasteiger partial charge in [0.05, 0.1) is 29.3 Å². The molecule has 136 valence electrons. The fraction of sp³-hybridized carbons (Fsp3) is 0.0455. The van der Waals surface area contributed by atoms with E-state index in [1.165, 1.54) is 7.11 Å². The van der Waals surface area contributed by atoms with Crippen LogP contribution in [0, 0.1) is 0 Å². The van der Waals surface area contributed by atoms with Crippen LogP contribution in [0.2, 0.25) is 0 Å². The Morgan fingerprint density at radius 1 is 0.857 bits per heavy atom. The maximum absolute atomic E-state index is 12.6. The average Bonchev–Trinajstić information content (AvgIpc) is 2.72. The zero-order valence-corrected chi connectivity index (χ0v) is 14.8. The molecule has 0 unspecified atom stereocenters.